The van der Waals surface area contributed by atoms with Crippen LogP contribution in [0.15, 0.2) is 48.5 Å². The molecule has 0 unspecified atom stereocenters. The number of aliphatic carboxylic acids is 1. The summed E-state index contributed by atoms with van der Waals surface area (Å²) in [7, 11) is 0. The van der Waals surface area contributed by atoms with E-state index in [-0.39, 0.29) is 23.4 Å². The van der Waals surface area contributed by atoms with Crippen molar-refractivity contribution < 1.29 is 28.5 Å². The molecule has 0 radical (unpaired) electrons. The minimum atomic E-state index is -0.947. The van der Waals surface area contributed by atoms with Crippen molar-refractivity contribution in [2.24, 2.45) is 0 Å². The average Bonchev–Trinajstić information content (AvgIpc) is 2.74. The quantitative estimate of drug-likeness (QED) is 0.651. The number of hydrogen-bond acceptors (Lipinski definition) is 4. The first-order valence-corrected chi connectivity index (χ1v) is 9.96. The molecule has 3 fully saturated rings. The fourth-order valence-corrected chi connectivity index (χ4v) is 4.40. The zero-order chi connectivity index (χ0) is 20.3. The van der Waals surface area contributed by atoms with Gasteiger partial charge in [0.05, 0.1) is 18.8 Å². The van der Waals surface area contributed by atoms with Crippen LogP contribution >= 0.6 is 0 Å². The first-order chi connectivity index (χ1) is 14.0. The Hall–Kier alpha value is -2.44. The Morgan fingerprint density at radius 3 is 2.48 bits per heavy atom. The molecule has 2 aromatic carbocycles. The number of ether oxygens (including phenoxy) is 3. The van der Waals surface area contributed by atoms with E-state index in [0.717, 1.165) is 37.9 Å². The smallest absolute Gasteiger partial charge is 0.329 e. The fraction of sp³-hybridized carbons (Fsp3) is 0.435. The van der Waals surface area contributed by atoms with Crippen molar-refractivity contribution in [3.63, 3.8) is 0 Å². The zero-order valence-electron chi connectivity index (χ0n) is 16.2. The molecule has 0 atom stereocenters. The average molecular weight is 400 g/mol. The fourth-order valence-electron chi connectivity index (χ4n) is 4.40. The number of hydrogen-bond donors (Lipinski definition) is 1. The van der Waals surface area contributed by atoms with Gasteiger partial charge in [-0.2, -0.15) is 0 Å². The van der Waals surface area contributed by atoms with Gasteiger partial charge in [0.2, 0.25) is 0 Å². The summed E-state index contributed by atoms with van der Waals surface area (Å²) in [5, 5.41) is 8.68. The summed E-state index contributed by atoms with van der Waals surface area (Å²) in [4.78, 5) is 10.6. The molecule has 1 saturated carbocycles. The second-order valence-electron chi connectivity index (χ2n) is 8.03. The number of carboxylic acids is 1. The molecule has 29 heavy (non-hydrogen) atoms. The van der Waals surface area contributed by atoms with Crippen molar-refractivity contribution in [1.82, 2.24) is 0 Å². The zero-order valence-corrected chi connectivity index (χ0v) is 16.2. The van der Waals surface area contributed by atoms with Crippen LogP contribution in [0.3, 0.4) is 0 Å². The maximum atomic E-state index is 13.1. The van der Waals surface area contributed by atoms with Crippen LogP contribution in [0.25, 0.3) is 0 Å². The molecular weight excluding hydrogens is 375 g/mol. The largest absolute Gasteiger partial charge is 0.480 e. The Labute approximate surface area is 169 Å². The molecule has 5 nitrogen and oxygen atoms in total. The Morgan fingerprint density at radius 2 is 1.83 bits per heavy atom. The SMILES string of the molecule is O=C(O)COCCC12CCC(c3cccc(Oc4ccc(F)cc4)c3)(CC1)CO2. The molecule has 0 aromatic heterocycles. The minimum Gasteiger partial charge on any atom is -0.480 e. The van der Waals surface area contributed by atoms with Crippen molar-refractivity contribution in [3.05, 3.63) is 59.9 Å². The minimum absolute atomic E-state index is 0.0220. The van der Waals surface area contributed by atoms with Gasteiger partial charge in [-0.05, 0) is 74.1 Å². The van der Waals surface area contributed by atoms with Crippen LogP contribution in [-0.4, -0.2) is 36.5 Å². The maximum absolute atomic E-state index is 13.1. The van der Waals surface area contributed by atoms with Crippen molar-refractivity contribution in [2.45, 2.75) is 43.1 Å². The summed E-state index contributed by atoms with van der Waals surface area (Å²) in [6.07, 6.45) is 4.64. The Kier molecular flexibility index (Phi) is 5.56. The normalized spacial score (nSPS) is 25.7. The van der Waals surface area contributed by atoms with E-state index in [2.05, 4.69) is 12.1 Å². The van der Waals surface area contributed by atoms with E-state index in [9.17, 15) is 9.18 Å². The summed E-state index contributed by atoms with van der Waals surface area (Å²) < 4.78 is 30.5. The molecule has 0 spiro atoms. The molecule has 0 amide bonds. The van der Waals surface area contributed by atoms with E-state index in [4.69, 9.17) is 19.3 Å². The van der Waals surface area contributed by atoms with E-state index >= 15 is 0 Å². The van der Waals surface area contributed by atoms with Gasteiger partial charge in [-0.25, -0.2) is 9.18 Å². The maximum Gasteiger partial charge on any atom is 0.329 e. The molecule has 5 rings (SSSR count). The van der Waals surface area contributed by atoms with Crippen molar-refractivity contribution in [2.75, 3.05) is 19.8 Å². The third-order valence-corrected chi connectivity index (χ3v) is 6.20. The second-order valence-corrected chi connectivity index (χ2v) is 8.03. The lowest BCUT2D eigenvalue weighted by Crippen LogP contribution is -2.53. The highest BCUT2D eigenvalue weighted by Crippen LogP contribution is 2.52. The predicted molar refractivity (Wildman–Crippen MR) is 105 cm³/mol. The standard InChI is InChI=1S/C23H25FO5/c24-18-4-6-19(7-5-18)29-20-3-1-2-17(14-20)22-8-10-23(11-9-22,28-16-22)12-13-27-15-21(25)26/h1-7,14H,8-13,15-16H2,(H,25,26). The molecule has 2 aromatic rings. The lowest BCUT2D eigenvalue weighted by molar-refractivity contribution is -0.168. The number of carboxylic acid groups (broad SMARTS) is 1. The van der Waals surface area contributed by atoms with Crippen LogP contribution in [0, 0.1) is 5.82 Å². The highest BCUT2D eigenvalue weighted by molar-refractivity contribution is 5.67. The van der Waals surface area contributed by atoms with Crippen LogP contribution in [0.1, 0.15) is 37.7 Å². The lowest BCUT2D eigenvalue weighted by atomic mass is 9.62. The highest BCUT2D eigenvalue weighted by atomic mass is 19.1. The Bertz CT molecular complexity index is 839. The number of benzene rings is 2. The van der Waals surface area contributed by atoms with Gasteiger partial charge in [-0.15, -0.1) is 0 Å². The van der Waals surface area contributed by atoms with Crippen LogP contribution in [-0.2, 0) is 19.7 Å². The lowest BCUT2D eigenvalue weighted by Gasteiger charge is -2.53. The van der Waals surface area contributed by atoms with Gasteiger partial charge in [0.25, 0.3) is 0 Å². The van der Waals surface area contributed by atoms with Gasteiger partial charge in [0, 0.05) is 5.41 Å². The topological polar surface area (TPSA) is 65.0 Å². The molecule has 2 aliphatic heterocycles. The van der Waals surface area contributed by atoms with Gasteiger partial charge in [0.1, 0.15) is 23.9 Å². The van der Waals surface area contributed by atoms with Gasteiger partial charge < -0.3 is 19.3 Å². The monoisotopic (exact) mass is 400 g/mol. The number of rotatable bonds is 8. The van der Waals surface area contributed by atoms with Crippen molar-refractivity contribution >= 4 is 5.97 Å². The first kappa shape index (κ1) is 19.9. The van der Waals surface area contributed by atoms with E-state index < -0.39 is 5.97 Å². The molecule has 3 aliphatic rings. The second kappa shape index (κ2) is 8.13. The van der Waals surface area contributed by atoms with E-state index in [1.807, 2.05) is 12.1 Å². The summed E-state index contributed by atoms with van der Waals surface area (Å²) in [6.45, 7) is 0.785. The van der Waals surface area contributed by atoms with Gasteiger partial charge in [0.15, 0.2) is 0 Å². The van der Waals surface area contributed by atoms with E-state index in [1.54, 1.807) is 12.1 Å². The highest BCUT2D eigenvalue weighted by Gasteiger charge is 2.50. The number of carbonyl (C=O) groups is 1. The molecule has 6 heteroatoms. The summed E-state index contributed by atoms with van der Waals surface area (Å²) >= 11 is 0. The van der Waals surface area contributed by atoms with Crippen LogP contribution in [0.2, 0.25) is 0 Å². The molecular formula is C23H25FO5. The predicted octanol–water partition coefficient (Wildman–Crippen LogP) is 4.69. The molecule has 1 N–H and O–H groups in total. The molecule has 2 saturated heterocycles. The summed E-state index contributed by atoms with van der Waals surface area (Å²) in [5.41, 5.74) is 0.987. The summed E-state index contributed by atoms with van der Waals surface area (Å²) in [6, 6.07) is 14.1. The molecule has 2 heterocycles. The van der Waals surface area contributed by atoms with Gasteiger partial charge >= 0.3 is 5.97 Å². The molecule has 2 bridgehead atoms. The van der Waals surface area contributed by atoms with Crippen LogP contribution in [0.4, 0.5) is 4.39 Å². The Balaban J connectivity index is 1.40. The molecule has 154 valence electrons. The third kappa shape index (κ3) is 4.43. The van der Waals surface area contributed by atoms with Gasteiger partial charge in [-0.1, -0.05) is 12.1 Å². The van der Waals surface area contributed by atoms with E-state index in [0.29, 0.717) is 19.0 Å². The molecule has 1 aliphatic carbocycles. The number of fused-ring (bicyclic) bond motifs is 3. The van der Waals surface area contributed by atoms with Gasteiger partial charge in [-0.3, -0.25) is 0 Å². The van der Waals surface area contributed by atoms with E-state index in [1.165, 1.54) is 17.7 Å². The van der Waals surface area contributed by atoms with Crippen molar-refractivity contribution in [3.8, 4) is 11.5 Å². The summed E-state index contributed by atoms with van der Waals surface area (Å²) in [5.74, 6) is 0.0961. The Morgan fingerprint density at radius 1 is 1.07 bits per heavy atom. The number of halogens is 1. The van der Waals surface area contributed by atoms with Crippen LogP contribution in [0.5, 0.6) is 11.5 Å². The third-order valence-electron chi connectivity index (χ3n) is 6.20. The first-order valence-electron chi connectivity index (χ1n) is 9.96. The van der Waals surface area contributed by atoms with Crippen molar-refractivity contribution in [1.29, 1.82) is 0 Å². The van der Waals surface area contributed by atoms with Crippen LogP contribution < -0.4 is 4.74 Å².